The Morgan fingerprint density at radius 3 is 2.42 bits per heavy atom. The molecular weight excluding hydrogens is 258 g/mol. The van der Waals surface area contributed by atoms with Gasteiger partial charge >= 0.3 is 0 Å². The van der Waals surface area contributed by atoms with Crippen LogP contribution in [0.1, 0.15) is 17.0 Å². The molecule has 4 heteroatoms. The van der Waals surface area contributed by atoms with Gasteiger partial charge in [-0.3, -0.25) is 0 Å². The van der Waals surface area contributed by atoms with Crippen LogP contribution in [0.4, 0.5) is 0 Å². The third kappa shape index (κ3) is 2.00. The summed E-state index contributed by atoms with van der Waals surface area (Å²) in [7, 11) is 0. The number of hydrogen-bond donors (Lipinski definition) is 0. The number of pyridine rings is 1. The summed E-state index contributed by atoms with van der Waals surface area (Å²) in [6.45, 7) is 6.11. The van der Waals surface area contributed by atoms with Crippen LogP contribution in [0.3, 0.4) is 0 Å². The van der Waals surface area contributed by atoms with E-state index in [4.69, 9.17) is 11.6 Å². The summed E-state index contributed by atoms with van der Waals surface area (Å²) in [5, 5.41) is 6.45. The Kier molecular flexibility index (Phi) is 2.79. The van der Waals surface area contributed by atoms with E-state index in [0.717, 1.165) is 33.1 Å². The summed E-state index contributed by atoms with van der Waals surface area (Å²) in [6, 6.07) is 9.72. The highest BCUT2D eigenvalue weighted by atomic mass is 35.5. The number of aromatic nitrogens is 3. The predicted molar refractivity (Wildman–Crippen MR) is 78.1 cm³/mol. The van der Waals surface area contributed by atoms with Crippen molar-refractivity contribution >= 4 is 22.6 Å². The first-order chi connectivity index (χ1) is 9.06. The smallest absolute Gasteiger partial charge is 0.163 e. The molecule has 96 valence electrons. The molecule has 3 aromatic rings. The maximum atomic E-state index is 5.93. The van der Waals surface area contributed by atoms with Crippen LogP contribution in [-0.4, -0.2) is 14.8 Å². The molecule has 0 amide bonds. The standard InChI is InChI=1S/C15H14ClN3/c1-9-8-10(2)17-15-14(9)11(3)18-19(15)13-6-4-12(16)5-7-13/h4-8H,1-3H3. The molecule has 3 rings (SSSR count). The third-order valence-corrected chi connectivity index (χ3v) is 3.46. The van der Waals surface area contributed by atoms with E-state index >= 15 is 0 Å². The molecular formula is C15H14ClN3. The maximum absolute atomic E-state index is 5.93. The summed E-state index contributed by atoms with van der Waals surface area (Å²) in [5.41, 5.74) is 5.08. The molecule has 0 aliphatic rings. The van der Waals surface area contributed by atoms with Crippen LogP contribution in [0.25, 0.3) is 16.7 Å². The van der Waals surface area contributed by atoms with Gasteiger partial charge < -0.3 is 0 Å². The number of rotatable bonds is 1. The zero-order chi connectivity index (χ0) is 13.6. The van der Waals surface area contributed by atoms with Gasteiger partial charge in [0, 0.05) is 16.1 Å². The van der Waals surface area contributed by atoms with E-state index in [1.54, 1.807) is 0 Å². The van der Waals surface area contributed by atoms with E-state index in [9.17, 15) is 0 Å². The molecule has 1 aromatic carbocycles. The Labute approximate surface area is 116 Å². The monoisotopic (exact) mass is 271 g/mol. The number of benzene rings is 1. The maximum Gasteiger partial charge on any atom is 0.163 e. The van der Waals surface area contributed by atoms with Gasteiger partial charge in [0.05, 0.1) is 11.4 Å². The summed E-state index contributed by atoms with van der Waals surface area (Å²) in [5.74, 6) is 0. The van der Waals surface area contributed by atoms with E-state index in [-0.39, 0.29) is 0 Å². The molecule has 0 aliphatic carbocycles. The van der Waals surface area contributed by atoms with Gasteiger partial charge in [0.25, 0.3) is 0 Å². The highest BCUT2D eigenvalue weighted by Crippen LogP contribution is 2.24. The number of fused-ring (bicyclic) bond motifs is 1. The largest absolute Gasteiger partial charge is 0.233 e. The van der Waals surface area contributed by atoms with Crippen LogP contribution in [0.5, 0.6) is 0 Å². The Hall–Kier alpha value is -1.87. The molecule has 0 aliphatic heterocycles. The molecule has 19 heavy (non-hydrogen) atoms. The van der Waals surface area contributed by atoms with Gasteiger partial charge in [-0.15, -0.1) is 0 Å². The fraction of sp³-hybridized carbons (Fsp3) is 0.200. The van der Waals surface area contributed by atoms with Crippen molar-refractivity contribution in [3.63, 3.8) is 0 Å². The topological polar surface area (TPSA) is 30.7 Å². The molecule has 0 radical (unpaired) electrons. The van der Waals surface area contributed by atoms with Crippen LogP contribution >= 0.6 is 11.6 Å². The normalized spacial score (nSPS) is 11.2. The molecule has 2 aromatic heterocycles. The second-order valence-corrected chi connectivity index (χ2v) is 5.19. The van der Waals surface area contributed by atoms with Gasteiger partial charge in [-0.25, -0.2) is 9.67 Å². The number of aryl methyl sites for hydroxylation is 3. The van der Waals surface area contributed by atoms with Crippen molar-refractivity contribution in [2.45, 2.75) is 20.8 Å². The van der Waals surface area contributed by atoms with Crippen LogP contribution in [0.2, 0.25) is 5.02 Å². The lowest BCUT2D eigenvalue weighted by atomic mass is 10.1. The van der Waals surface area contributed by atoms with Crippen molar-refractivity contribution in [1.29, 1.82) is 0 Å². The minimum absolute atomic E-state index is 0.720. The minimum Gasteiger partial charge on any atom is -0.233 e. The lowest BCUT2D eigenvalue weighted by Gasteiger charge is -2.04. The first-order valence-electron chi connectivity index (χ1n) is 6.16. The fourth-order valence-corrected chi connectivity index (χ4v) is 2.55. The summed E-state index contributed by atoms with van der Waals surface area (Å²) in [6.07, 6.45) is 0. The van der Waals surface area contributed by atoms with E-state index < -0.39 is 0 Å². The Bertz CT molecular complexity index is 757. The molecule has 0 fully saturated rings. The average molecular weight is 272 g/mol. The van der Waals surface area contributed by atoms with Crippen molar-refractivity contribution in [3.8, 4) is 5.69 Å². The molecule has 0 saturated heterocycles. The van der Waals surface area contributed by atoms with E-state index in [1.165, 1.54) is 5.56 Å². The predicted octanol–water partition coefficient (Wildman–Crippen LogP) is 4.00. The first-order valence-corrected chi connectivity index (χ1v) is 6.53. The van der Waals surface area contributed by atoms with Gasteiger partial charge in [0.2, 0.25) is 0 Å². The quantitative estimate of drug-likeness (QED) is 0.670. The minimum atomic E-state index is 0.720. The number of halogens is 1. The molecule has 0 atom stereocenters. The van der Waals surface area contributed by atoms with Gasteiger partial charge in [0.15, 0.2) is 5.65 Å². The van der Waals surface area contributed by atoms with E-state index in [0.29, 0.717) is 0 Å². The van der Waals surface area contributed by atoms with Crippen LogP contribution in [-0.2, 0) is 0 Å². The van der Waals surface area contributed by atoms with Gasteiger partial charge in [-0.1, -0.05) is 11.6 Å². The number of hydrogen-bond acceptors (Lipinski definition) is 2. The number of nitrogens with zero attached hydrogens (tertiary/aromatic N) is 3. The van der Waals surface area contributed by atoms with Crippen molar-refractivity contribution in [2.24, 2.45) is 0 Å². The molecule has 2 heterocycles. The van der Waals surface area contributed by atoms with Crippen LogP contribution < -0.4 is 0 Å². The summed E-state index contributed by atoms with van der Waals surface area (Å²) in [4.78, 5) is 4.62. The SMILES string of the molecule is Cc1cc(C)c2c(C)nn(-c3ccc(Cl)cc3)c2n1. The molecule has 0 N–H and O–H groups in total. The Morgan fingerprint density at radius 1 is 1.05 bits per heavy atom. The third-order valence-electron chi connectivity index (χ3n) is 3.21. The lowest BCUT2D eigenvalue weighted by Crippen LogP contribution is -1.98. The molecule has 0 saturated carbocycles. The van der Waals surface area contributed by atoms with E-state index in [1.807, 2.05) is 42.8 Å². The average Bonchev–Trinajstić information content (AvgIpc) is 2.67. The van der Waals surface area contributed by atoms with Crippen molar-refractivity contribution < 1.29 is 0 Å². The molecule has 0 bridgehead atoms. The first kappa shape index (κ1) is 12.2. The van der Waals surface area contributed by atoms with Crippen molar-refractivity contribution in [3.05, 3.63) is 52.3 Å². The van der Waals surface area contributed by atoms with Crippen LogP contribution in [0, 0.1) is 20.8 Å². The highest BCUT2D eigenvalue weighted by Gasteiger charge is 2.12. The highest BCUT2D eigenvalue weighted by molar-refractivity contribution is 6.30. The van der Waals surface area contributed by atoms with E-state index in [2.05, 4.69) is 23.1 Å². The molecule has 0 unspecified atom stereocenters. The zero-order valence-electron chi connectivity index (χ0n) is 11.1. The van der Waals surface area contributed by atoms with Crippen molar-refractivity contribution in [1.82, 2.24) is 14.8 Å². The molecule has 0 spiro atoms. The molecule has 3 nitrogen and oxygen atoms in total. The fourth-order valence-electron chi connectivity index (χ4n) is 2.43. The Morgan fingerprint density at radius 2 is 1.74 bits per heavy atom. The summed E-state index contributed by atoms with van der Waals surface area (Å²) >= 11 is 5.93. The summed E-state index contributed by atoms with van der Waals surface area (Å²) < 4.78 is 1.88. The van der Waals surface area contributed by atoms with Gasteiger partial charge in [-0.2, -0.15) is 5.10 Å². The second kappa shape index (κ2) is 4.35. The lowest BCUT2D eigenvalue weighted by molar-refractivity contribution is 0.875. The zero-order valence-corrected chi connectivity index (χ0v) is 11.9. The second-order valence-electron chi connectivity index (χ2n) is 4.75. The van der Waals surface area contributed by atoms with Crippen LogP contribution in [0.15, 0.2) is 30.3 Å². The Balaban J connectivity index is 2.33. The van der Waals surface area contributed by atoms with Gasteiger partial charge in [-0.05, 0) is 56.7 Å². The van der Waals surface area contributed by atoms with Gasteiger partial charge in [0.1, 0.15) is 0 Å². The van der Waals surface area contributed by atoms with Crippen molar-refractivity contribution in [2.75, 3.05) is 0 Å².